The Balaban J connectivity index is 2.27. The molecule has 0 aliphatic heterocycles. The van der Waals surface area contributed by atoms with Crippen LogP contribution in [-0.4, -0.2) is 5.91 Å². The van der Waals surface area contributed by atoms with Crippen LogP contribution in [-0.2, 0) is 0 Å². The lowest BCUT2D eigenvalue weighted by Gasteiger charge is -2.08. The van der Waals surface area contributed by atoms with Gasteiger partial charge in [-0.3, -0.25) is 4.79 Å². The molecule has 1 amide bonds. The topological polar surface area (TPSA) is 29.1 Å². The van der Waals surface area contributed by atoms with E-state index in [2.05, 4.69) is 21.2 Å². The van der Waals surface area contributed by atoms with Gasteiger partial charge in [-0.2, -0.15) is 0 Å². The Morgan fingerprint density at radius 2 is 1.76 bits per heavy atom. The maximum absolute atomic E-state index is 12.0. The van der Waals surface area contributed by atoms with E-state index in [-0.39, 0.29) is 5.91 Å². The van der Waals surface area contributed by atoms with E-state index < -0.39 is 0 Å². The van der Waals surface area contributed by atoms with Gasteiger partial charge in [0.15, 0.2) is 0 Å². The molecular weight excluding hydrogens is 302 g/mol. The van der Waals surface area contributed by atoms with Crippen molar-refractivity contribution >= 4 is 39.1 Å². The third-order valence-corrected chi connectivity index (χ3v) is 3.20. The smallest absolute Gasteiger partial charge is 0.258 e. The van der Waals surface area contributed by atoms with Crippen molar-refractivity contribution in [1.29, 1.82) is 0 Å². The monoisotopic (exact) mass is 309 g/mol. The minimum absolute atomic E-state index is 0.228. The normalized spacial score (nSPS) is 10.0. The van der Waals surface area contributed by atoms with Crippen molar-refractivity contribution < 1.29 is 4.79 Å². The van der Waals surface area contributed by atoms with Crippen LogP contribution >= 0.6 is 27.5 Å². The number of anilines is 1. The molecule has 2 nitrogen and oxygen atoms in total. The maximum Gasteiger partial charge on any atom is 0.258 e. The SMILES string of the molecule is O=C(Nc1ccccc1)c1c(Cl)cccc1Br. The summed E-state index contributed by atoms with van der Waals surface area (Å²) in [6.07, 6.45) is 0. The molecule has 0 fully saturated rings. The quantitative estimate of drug-likeness (QED) is 0.877. The van der Waals surface area contributed by atoms with Gasteiger partial charge in [-0.05, 0) is 40.2 Å². The fourth-order valence-electron chi connectivity index (χ4n) is 1.43. The van der Waals surface area contributed by atoms with Gasteiger partial charge in [0.2, 0.25) is 0 Å². The number of hydrogen-bond donors (Lipinski definition) is 1. The fraction of sp³-hybridized carbons (Fsp3) is 0. The highest BCUT2D eigenvalue weighted by atomic mass is 79.9. The second-order valence-electron chi connectivity index (χ2n) is 3.42. The fourth-order valence-corrected chi connectivity index (χ4v) is 2.35. The van der Waals surface area contributed by atoms with E-state index in [0.717, 1.165) is 5.69 Å². The van der Waals surface area contributed by atoms with Gasteiger partial charge in [0.05, 0.1) is 10.6 Å². The van der Waals surface area contributed by atoms with Crippen LogP contribution in [0.2, 0.25) is 5.02 Å². The molecule has 0 saturated carbocycles. The van der Waals surface area contributed by atoms with Crippen molar-refractivity contribution in [2.75, 3.05) is 5.32 Å². The Morgan fingerprint density at radius 1 is 1.06 bits per heavy atom. The second-order valence-corrected chi connectivity index (χ2v) is 4.68. The second kappa shape index (κ2) is 5.34. The van der Waals surface area contributed by atoms with Gasteiger partial charge in [0.1, 0.15) is 0 Å². The third-order valence-electron chi connectivity index (χ3n) is 2.22. The van der Waals surface area contributed by atoms with Gasteiger partial charge in [0.25, 0.3) is 5.91 Å². The van der Waals surface area contributed by atoms with Gasteiger partial charge >= 0.3 is 0 Å². The lowest BCUT2D eigenvalue weighted by atomic mass is 10.2. The Kier molecular flexibility index (Phi) is 3.82. The zero-order valence-corrected chi connectivity index (χ0v) is 11.1. The molecule has 2 aromatic rings. The minimum atomic E-state index is -0.228. The molecule has 0 atom stereocenters. The zero-order valence-electron chi connectivity index (χ0n) is 8.78. The summed E-state index contributed by atoms with van der Waals surface area (Å²) in [5, 5.41) is 3.21. The average Bonchev–Trinajstić information content (AvgIpc) is 2.30. The summed E-state index contributed by atoms with van der Waals surface area (Å²) in [5.41, 5.74) is 1.18. The average molecular weight is 311 g/mol. The van der Waals surface area contributed by atoms with Gasteiger partial charge in [-0.15, -0.1) is 0 Å². The van der Waals surface area contributed by atoms with E-state index >= 15 is 0 Å². The number of carbonyl (C=O) groups is 1. The summed E-state index contributed by atoms with van der Waals surface area (Å²) in [6, 6.07) is 14.5. The molecule has 0 unspecified atom stereocenters. The number of amides is 1. The summed E-state index contributed by atoms with van der Waals surface area (Å²) in [6.45, 7) is 0. The van der Waals surface area contributed by atoms with Crippen molar-refractivity contribution in [3.63, 3.8) is 0 Å². The lowest BCUT2D eigenvalue weighted by molar-refractivity contribution is 0.102. The van der Waals surface area contributed by atoms with Crippen LogP contribution in [0.3, 0.4) is 0 Å². The highest BCUT2D eigenvalue weighted by molar-refractivity contribution is 9.10. The van der Waals surface area contributed by atoms with E-state index in [1.807, 2.05) is 30.3 Å². The predicted octanol–water partition coefficient (Wildman–Crippen LogP) is 4.35. The maximum atomic E-state index is 12.0. The van der Waals surface area contributed by atoms with E-state index in [9.17, 15) is 4.79 Å². The molecule has 0 aliphatic carbocycles. The largest absolute Gasteiger partial charge is 0.322 e. The van der Waals surface area contributed by atoms with Crippen LogP contribution < -0.4 is 5.32 Å². The summed E-state index contributed by atoms with van der Waals surface area (Å²) in [7, 11) is 0. The van der Waals surface area contributed by atoms with Crippen LogP contribution in [0, 0.1) is 0 Å². The van der Waals surface area contributed by atoms with E-state index in [4.69, 9.17) is 11.6 Å². The van der Waals surface area contributed by atoms with Gasteiger partial charge in [-0.1, -0.05) is 35.9 Å². The predicted molar refractivity (Wildman–Crippen MR) is 73.5 cm³/mol. The highest BCUT2D eigenvalue weighted by Crippen LogP contribution is 2.25. The van der Waals surface area contributed by atoms with Crippen LogP contribution in [0.15, 0.2) is 53.0 Å². The van der Waals surface area contributed by atoms with Gasteiger partial charge in [0, 0.05) is 10.2 Å². The standard InChI is InChI=1S/C13H9BrClNO/c14-10-7-4-8-11(15)12(10)13(17)16-9-5-2-1-3-6-9/h1-8H,(H,16,17). The van der Waals surface area contributed by atoms with Crippen LogP contribution in [0.25, 0.3) is 0 Å². The summed E-state index contributed by atoms with van der Waals surface area (Å²) >= 11 is 9.32. The number of carbonyl (C=O) groups excluding carboxylic acids is 1. The molecule has 0 aromatic heterocycles. The molecule has 4 heteroatoms. The Hall–Kier alpha value is -1.32. The number of para-hydroxylation sites is 1. The van der Waals surface area contributed by atoms with E-state index in [1.54, 1.807) is 18.2 Å². The molecular formula is C13H9BrClNO. The molecule has 2 aromatic carbocycles. The minimum Gasteiger partial charge on any atom is -0.322 e. The molecule has 17 heavy (non-hydrogen) atoms. The molecule has 0 heterocycles. The Bertz CT molecular complexity index is 522. The molecule has 0 bridgehead atoms. The molecule has 0 radical (unpaired) electrons. The third kappa shape index (κ3) is 2.87. The van der Waals surface area contributed by atoms with Gasteiger partial charge in [-0.25, -0.2) is 0 Å². The molecule has 0 spiro atoms. The molecule has 1 N–H and O–H groups in total. The Morgan fingerprint density at radius 3 is 2.41 bits per heavy atom. The van der Waals surface area contributed by atoms with Crippen LogP contribution in [0.1, 0.15) is 10.4 Å². The van der Waals surface area contributed by atoms with E-state index in [1.165, 1.54) is 0 Å². The molecule has 0 aliphatic rings. The van der Waals surface area contributed by atoms with Gasteiger partial charge < -0.3 is 5.32 Å². The Labute approximate surface area is 113 Å². The number of hydrogen-bond acceptors (Lipinski definition) is 1. The van der Waals surface area contributed by atoms with E-state index in [0.29, 0.717) is 15.1 Å². The molecule has 0 saturated heterocycles. The van der Waals surface area contributed by atoms with Crippen molar-refractivity contribution in [2.45, 2.75) is 0 Å². The first-order valence-electron chi connectivity index (χ1n) is 4.99. The van der Waals surface area contributed by atoms with Crippen LogP contribution in [0.4, 0.5) is 5.69 Å². The zero-order chi connectivity index (χ0) is 12.3. The molecule has 86 valence electrons. The molecule has 2 rings (SSSR count). The summed E-state index contributed by atoms with van der Waals surface area (Å²) in [4.78, 5) is 12.0. The van der Waals surface area contributed by atoms with Crippen molar-refractivity contribution in [3.8, 4) is 0 Å². The lowest BCUT2D eigenvalue weighted by Crippen LogP contribution is -2.13. The van der Waals surface area contributed by atoms with Crippen molar-refractivity contribution in [1.82, 2.24) is 0 Å². The van der Waals surface area contributed by atoms with Crippen LogP contribution in [0.5, 0.6) is 0 Å². The summed E-state index contributed by atoms with van der Waals surface area (Å²) < 4.78 is 0.679. The first-order chi connectivity index (χ1) is 8.18. The van der Waals surface area contributed by atoms with Crippen molar-refractivity contribution in [3.05, 3.63) is 63.6 Å². The number of halogens is 2. The number of benzene rings is 2. The number of nitrogens with one attached hydrogen (secondary N) is 1. The highest BCUT2D eigenvalue weighted by Gasteiger charge is 2.13. The first-order valence-corrected chi connectivity index (χ1v) is 6.16. The summed E-state index contributed by atoms with van der Waals surface area (Å²) in [5.74, 6) is -0.228. The van der Waals surface area contributed by atoms with Crippen molar-refractivity contribution in [2.24, 2.45) is 0 Å². The first kappa shape index (κ1) is 12.1. The number of rotatable bonds is 2.